The first kappa shape index (κ1) is 18.5. The van der Waals surface area contributed by atoms with Gasteiger partial charge in [0.05, 0.1) is 11.2 Å². The molecule has 0 bridgehead atoms. The van der Waals surface area contributed by atoms with E-state index in [0.29, 0.717) is 0 Å². The van der Waals surface area contributed by atoms with Crippen molar-refractivity contribution in [1.29, 1.82) is 0 Å². The summed E-state index contributed by atoms with van der Waals surface area (Å²) < 4.78 is 12.9. The predicted molar refractivity (Wildman–Crippen MR) is 116 cm³/mol. The van der Waals surface area contributed by atoms with Gasteiger partial charge in [-0.2, -0.15) is 0 Å². The maximum Gasteiger partial charge on any atom is 0.494 e. The van der Waals surface area contributed by atoms with Gasteiger partial charge in [-0.25, -0.2) is 0 Å². The molecule has 1 unspecified atom stereocenters. The summed E-state index contributed by atoms with van der Waals surface area (Å²) >= 11 is 0. The van der Waals surface area contributed by atoms with E-state index in [-0.39, 0.29) is 23.7 Å². The van der Waals surface area contributed by atoms with Crippen LogP contribution in [0.15, 0.2) is 42.5 Å². The molecule has 3 heteroatoms. The Hall–Kier alpha value is -1.58. The van der Waals surface area contributed by atoms with Crippen molar-refractivity contribution >= 4 is 12.6 Å². The number of fused-ring (bicyclic) bond motifs is 5. The molecule has 2 nitrogen and oxygen atoms in total. The normalized spacial score (nSPS) is 27.1. The van der Waals surface area contributed by atoms with Crippen molar-refractivity contribution in [3.8, 4) is 11.1 Å². The van der Waals surface area contributed by atoms with Crippen LogP contribution in [0.4, 0.5) is 0 Å². The van der Waals surface area contributed by atoms with Gasteiger partial charge in [0.15, 0.2) is 0 Å². The van der Waals surface area contributed by atoms with Crippen molar-refractivity contribution in [2.24, 2.45) is 0 Å². The van der Waals surface area contributed by atoms with Crippen LogP contribution in [0, 0.1) is 0 Å². The van der Waals surface area contributed by atoms with E-state index in [1.165, 1.54) is 59.8 Å². The van der Waals surface area contributed by atoms with Gasteiger partial charge >= 0.3 is 7.12 Å². The van der Waals surface area contributed by atoms with Gasteiger partial charge in [-0.1, -0.05) is 68.7 Å². The number of rotatable bonds is 2. The molecule has 0 radical (unpaired) electrons. The zero-order valence-corrected chi connectivity index (χ0v) is 17.7. The zero-order valence-electron chi connectivity index (χ0n) is 17.7. The fourth-order valence-electron chi connectivity index (χ4n) is 5.75. The fourth-order valence-corrected chi connectivity index (χ4v) is 5.75. The van der Waals surface area contributed by atoms with E-state index in [2.05, 4.69) is 70.2 Å². The molecule has 1 heterocycles. The largest absolute Gasteiger partial charge is 0.494 e. The van der Waals surface area contributed by atoms with Gasteiger partial charge in [-0.3, -0.25) is 0 Å². The molecule has 1 saturated heterocycles. The molecule has 2 fully saturated rings. The van der Waals surface area contributed by atoms with E-state index < -0.39 is 0 Å². The highest BCUT2D eigenvalue weighted by Crippen LogP contribution is 2.55. The minimum atomic E-state index is -0.295. The fraction of sp³-hybridized carbons (Fsp3) is 0.520. The number of benzene rings is 2. The number of hydrogen-bond donors (Lipinski definition) is 0. The second-order valence-electron chi connectivity index (χ2n) is 9.66. The van der Waals surface area contributed by atoms with Gasteiger partial charge in [-0.05, 0) is 67.8 Å². The van der Waals surface area contributed by atoms with Crippen LogP contribution >= 0.6 is 0 Å². The summed E-state index contributed by atoms with van der Waals surface area (Å²) in [6.07, 6.45) is 7.44. The Kier molecular flexibility index (Phi) is 4.09. The SMILES string of the molecule is CCC1(C)OB(c2ccc3c(c2)C2(CCCCC2)c2ccccc2-3)OC1(C)C. The van der Waals surface area contributed by atoms with Crippen molar-refractivity contribution in [3.05, 3.63) is 53.6 Å². The molecule has 2 aliphatic carbocycles. The molecule has 1 saturated carbocycles. The van der Waals surface area contributed by atoms with E-state index in [4.69, 9.17) is 9.31 Å². The first-order valence-electron chi connectivity index (χ1n) is 11.0. The molecule has 146 valence electrons. The molecular weight excluding hydrogens is 343 g/mol. The molecule has 0 amide bonds. The van der Waals surface area contributed by atoms with E-state index in [1.807, 2.05) is 0 Å². The van der Waals surface area contributed by atoms with E-state index in [1.54, 1.807) is 0 Å². The molecule has 3 aliphatic rings. The van der Waals surface area contributed by atoms with Crippen molar-refractivity contribution in [2.45, 2.75) is 82.8 Å². The maximum absolute atomic E-state index is 6.49. The Bertz CT molecular complexity index is 913. The topological polar surface area (TPSA) is 18.5 Å². The summed E-state index contributed by atoms with van der Waals surface area (Å²) in [6.45, 7) is 8.67. The Balaban J connectivity index is 1.60. The average Bonchev–Trinajstić information content (AvgIpc) is 3.12. The third kappa shape index (κ3) is 2.42. The van der Waals surface area contributed by atoms with E-state index in [9.17, 15) is 0 Å². The first-order chi connectivity index (χ1) is 13.4. The summed E-state index contributed by atoms with van der Waals surface area (Å²) in [5.74, 6) is 0. The highest BCUT2D eigenvalue weighted by atomic mass is 16.7. The molecule has 5 rings (SSSR count). The zero-order chi connectivity index (χ0) is 19.6. The Morgan fingerprint density at radius 3 is 2.29 bits per heavy atom. The second-order valence-corrected chi connectivity index (χ2v) is 9.66. The Morgan fingerprint density at radius 2 is 1.57 bits per heavy atom. The van der Waals surface area contributed by atoms with Gasteiger partial charge < -0.3 is 9.31 Å². The highest BCUT2D eigenvalue weighted by Gasteiger charge is 2.54. The van der Waals surface area contributed by atoms with Crippen LogP contribution in [-0.4, -0.2) is 18.3 Å². The summed E-state index contributed by atoms with van der Waals surface area (Å²) in [7, 11) is -0.283. The molecule has 2 aromatic rings. The van der Waals surface area contributed by atoms with E-state index >= 15 is 0 Å². The van der Waals surface area contributed by atoms with Gasteiger partial charge in [0.2, 0.25) is 0 Å². The average molecular weight is 374 g/mol. The van der Waals surface area contributed by atoms with Crippen LogP contribution in [0.3, 0.4) is 0 Å². The molecule has 1 aliphatic heterocycles. The lowest BCUT2D eigenvalue weighted by Gasteiger charge is -2.36. The van der Waals surface area contributed by atoms with Crippen LogP contribution in [0.1, 0.15) is 77.3 Å². The van der Waals surface area contributed by atoms with Crippen LogP contribution in [0.2, 0.25) is 0 Å². The second kappa shape index (κ2) is 6.21. The third-order valence-electron chi connectivity index (χ3n) is 7.99. The van der Waals surface area contributed by atoms with Crippen molar-refractivity contribution in [2.75, 3.05) is 0 Å². The first-order valence-corrected chi connectivity index (χ1v) is 11.0. The monoisotopic (exact) mass is 374 g/mol. The van der Waals surface area contributed by atoms with Crippen molar-refractivity contribution < 1.29 is 9.31 Å². The quantitative estimate of drug-likeness (QED) is 0.637. The van der Waals surface area contributed by atoms with Gasteiger partial charge in [0.1, 0.15) is 0 Å². The van der Waals surface area contributed by atoms with Crippen LogP contribution < -0.4 is 5.46 Å². The lowest BCUT2D eigenvalue weighted by molar-refractivity contribution is -0.0118. The predicted octanol–water partition coefficient (Wildman–Crippen LogP) is 5.61. The van der Waals surface area contributed by atoms with Gasteiger partial charge in [0.25, 0.3) is 0 Å². The molecule has 0 aromatic heterocycles. The molecule has 1 atom stereocenters. The van der Waals surface area contributed by atoms with Crippen LogP contribution in [0.5, 0.6) is 0 Å². The summed E-state index contributed by atoms with van der Waals surface area (Å²) in [6, 6.07) is 16.0. The summed E-state index contributed by atoms with van der Waals surface area (Å²) in [5.41, 5.74) is 6.67. The van der Waals surface area contributed by atoms with Crippen LogP contribution in [-0.2, 0) is 14.7 Å². The van der Waals surface area contributed by atoms with Crippen molar-refractivity contribution in [3.63, 3.8) is 0 Å². The molecule has 28 heavy (non-hydrogen) atoms. The van der Waals surface area contributed by atoms with E-state index in [0.717, 1.165) is 6.42 Å². The Morgan fingerprint density at radius 1 is 0.857 bits per heavy atom. The number of hydrogen-bond acceptors (Lipinski definition) is 2. The molecule has 0 N–H and O–H groups in total. The van der Waals surface area contributed by atoms with Gasteiger partial charge in [0, 0.05) is 5.41 Å². The minimum absolute atomic E-state index is 0.183. The highest BCUT2D eigenvalue weighted by molar-refractivity contribution is 6.62. The molecule has 1 spiro atoms. The third-order valence-corrected chi connectivity index (χ3v) is 7.99. The smallest absolute Gasteiger partial charge is 0.399 e. The lowest BCUT2D eigenvalue weighted by Crippen LogP contribution is -2.44. The molecular formula is C25H31BO2. The minimum Gasteiger partial charge on any atom is -0.399 e. The maximum atomic E-state index is 6.49. The van der Waals surface area contributed by atoms with Crippen molar-refractivity contribution in [1.82, 2.24) is 0 Å². The Labute approximate surface area is 169 Å². The lowest BCUT2D eigenvalue weighted by atomic mass is 9.66. The summed E-state index contributed by atoms with van der Waals surface area (Å²) in [4.78, 5) is 0. The standard InChI is InChI=1S/C25H31BO2/c1-5-24(4)23(2,3)27-26(28-24)18-13-14-20-19-11-7-8-12-21(19)25(22(20)17-18)15-9-6-10-16-25/h7-8,11-14,17H,5-6,9-10,15-16H2,1-4H3. The van der Waals surface area contributed by atoms with Crippen LogP contribution in [0.25, 0.3) is 11.1 Å². The molecule has 2 aromatic carbocycles. The van der Waals surface area contributed by atoms with Gasteiger partial charge in [-0.15, -0.1) is 0 Å². The summed E-state index contributed by atoms with van der Waals surface area (Å²) in [5, 5.41) is 0.